The van der Waals surface area contributed by atoms with E-state index in [-0.39, 0.29) is 11.8 Å². The molecule has 1 heterocycles. The van der Waals surface area contributed by atoms with Crippen LogP contribution in [0.5, 0.6) is 0 Å². The Bertz CT molecular complexity index is 599. The lowest BCUT2D eigenvalue weighted by Gasteiger charge is -2.30. The van der Waals surface area contributed by atoms with Crippen LogP contribution in [0.25, 0.3) is 0 Å². The van der Waals surface area contributed by atoms with Crippen LogP contribution >= 0.6 is 0 Å². The third kappa shape index (κ3) is 1.96. The first-order valence-electron chi connectivity index (χ1n) is 7.93. The molecular formula is C17H20N2O2. The summed E-state index contributed by atoms with van der Waals surface area (Å²) in [6, 6.07) is 7.77. The molecule has 1 aliphatic heterocycles. The number of hydrogen-bond donors (Lipinski definition) is 1. The fourth-order valence-corrected chi connectivity index (χ4v) is 4.30. The van der Waals surface area contributed by atoms with E-state index in [9.17, 15) is 4.79 Å². The lowest BCUT2D eigenvalue weighted by atomic mass is 9.99. The molecule has 1 N–H and O–H groups in total. The summed E-state index contributed by atoms with van der Waals surface area (Å²) in [6.07, 6.45) is 5.63. The van der Waals surface area contributed by atoms with Gasteiger partial charge in [0.2, 0.25) is 5.91 Å². The Hall–Kier alpha value is -1.84. The second-order valence-electron chi connectivity index (χ2n) is 6.44. The van der Waals surface area contributed by atoms with Crippen LogP contribution in [0.2, 0.25) is 0 Å². The first-order chi connectivity index (χ1) is 10.3. The zero-order valence-corrected chi connectivity index (χ0v) is 12.0. The minimum absolute atomic E-state index is 0.244. The highest BCUT2D eigenvalue weighted by molar-refractivity contribution is 6.11. The maximum absolute atomic E-state index is 12.9. The average Bonchev–Trinajstić information content (AvgIpc) is 3.27. The number of anilines is 1. The number of benzene rings is 1. The highest BCUT2D eigenvalue weighted by Crippen LogP contribution is 2.56. The van der Waals surface area contributed by atoms with Gasteiger partial charge in [0.25, 0.3) is 0 Å². The molecule has 4 heteroatoms. The highest BCUT2D eigenvalue weighted by Gasteiger charge is 2.56. The second kappa shape index (κ2) is 4.86. The fraction of sp³-hybridized carbons (Fsp3) is 0.529. The van der Waals surface area contributed by atoms with Crippen molar-refractivity contribution < 1.29 is 10.0 Å². The van der Waals surface area contributed by atoms with Crippen molar-refractivity contribution in [3.8, 4) is 0 Å². The number of hydrogen-bond acceptors (Lipinski definition) is 3. The maximum Gasteiger partial charge on any atom is 0.230 e. The number of amides is 1. The van der Waals surface area contributed by atoms with Gasteiger partial charge in [-0.1, -0.05) is 36.2 Å². The van der Waals surface area contributed by atoms with Crippen LogP contribution in [-0.2, 0) is 4.79 Å². The number of para-hydroxylation sites is 1. The van der Waals surface area contributed by atoms with Gasteiger partial charge in [-0.3, -0.25) is 4.79 Å². The molecule has 0 aromatic heterocycles. The van der Waals surface area contributed by atoms with Crippen LogP contribution < -0.4 is 4.90 Å². The van der Waals surface area contributed by atoms with Gasteiger partial charge in [0.1, 0.15) is 0 Å². The van der Waals surface area contributed by atoms with E-state index in [1.165, 1.54) is 25.7 Å². The summed E-state index contributed by atoms with van der Waals surface area (Å²) in [4.78, 5) is 14.8. The molecule has 2 saturated carbocycles. The Balaban J connectivity index is 1.63. The largest absolute Gasteiger partial charge is 0.411 e. The molecule has 1 amide bonds. The van der Waals surface area contributed by atoms with E-state index in [1.54, 1.807) is 0 Å². The summed E-state index contributed by atoms with van der Waals surface area (Å²) in [6.45, 7) is 0.630. The van der Waals surface area contributed by atoms with Crippen molar-refractivity contribution in [2.75, 3.05) is 11.4 Å². The van der Waals surface area contributed by atoms with E-state index < -0.39 is 0 Å². The van der Waals surface area contributed by atoms with Crippen molar-refractivity contribution in [3.05, 3.63) is 29.8 Å². The second-order valence-corrected chi connectivity index (χ2v) is 6.44. The van der Waals surface area contributed by atoms with Crippen molar-refractivity contribution in [1.82, 2.24) is 0 Å². The number of carbonyl (C=O) groups is 1. The zero-order valence-electron chi connectivity index (χ0n) is 12.0. The number of rotatable bonds is 1. The molecule has 0 spiro atoms. The number of nitrogens with zero attached hydrogens (tertiary/aromatic N) is 2. The van der Waals surface area contributed by atoms with Crippen LogP contribution in [0.3, 0.4) is 0 Å². The number of oxime groups is 1. The predicted molar refractivity (Wildman–Crippen MR) is 80.7 cm³/mol. The van der Waals surface area contributed by atoms with Crippen LogP contribution in [0.1, 0.15) is 37.7 Å². The van der Waals surface area contributed by atoms with Crippen LogP contribution in [0, 0.1) is 17.8 Å². The van der Waals surface area contributed by atoms with E-state index in [2.05, 4.69) is 5.16 Å². The summed E-state index contributed by atoms with van der Waals surface area (Å²) >= 11 is 0. The van der Waals surface area contributed by atoms with Crippen molar-refractivity contribution in [2.24, 2.45) is 22.9 Å². The third-order valence-corrected chi connectivity index (χ3v) is 5.41. The molecule has 4 rings (SSSR count). The molecule has 3 aliphatic rings. The lowest BCUT2D eigenvalue weighted by Crippen LogP contribution is -2.39. The van der Waals surface area contributed by atoms with E-state index in [1.807, 2.05) is 29.2 Å². The topological polar surface area (TPSA) is 52.9 Å². The van der Waals surface area contributed by atoms with Crippen molar-refractivity contribution in [2.45, 2.75) is 32.1 Å². The average molecular weight is 284 g/mol. The molecule has 2 unspecified atom stereocenters. The molecular weight excluding hydrogens is 264 g/mol. The third-order valence-electron chi connectivity index (χ3n) is 5.41. The zero-order chi connectivity index (χ0) is 14.4. The molecule has 1 aromatic rings. The molecule has 0 radical (unpaired) electrons. The molecule has 4 nitrogen and oxygen atoms in total. The first kappa shape index (κ1) is 12.9. The van der Waals surface area contributed by atoms with Crippen molar-refractivity contribution in [3.63, 3.8) is 0 Å². The minimum atomic E-state index is 0.244. The SMILES string of the molecule is O=C(C1C2CCCCC21)N1CC/C(=N/O)c2ccccc21. The minimum Gasteiger partial charge on any atom is -0.411 e. The molecule has 21 heavy (non-hydrogen) atoms. The van der Waals surface area contributed by atoms with Crippen LogP contribution in [0.15, 0.2) is 29.4 Å². The van der Waals surface area contributed by atoms with Gasteiger partial charge in [-0.2, -0.15) is 0 Å². The van der Waals surface area contributed by atoms with Gasteiger partial charge < -0.3 is 10.1 Å². The summed E-state index contributed by atoms with van der Waals surface area (Å²) in [5.41, 5.74) is 2.48. The monoisotopic (exact) mass is 284 g/mol. The van der Waals surface area contributed by atoms with Crippen molar-refractivity contribution >= 4 is 17.3 Å². The molecule has 2 aliphatic carbocycles. The van der Waals surface area contributed by atoms with E-state index in [4.69, 9.17) is 5.21 Å². The summed E-state index contributed by atoms with van der Waals surface area (Å²) in [5, 5.41) is 12.5. The van der Waals surface area contributed by atoms with E-state index >= 15 is 0 Å². The molecule has 110 valence electrons. The quantitative estimate of drug-likeness (QED) is 0.636. The van der Waals surface area contributed by atoms with Gasteiger partial charge in [-0.25, -0.2) is 0 Å². The molecule has 0 saturated heterocycles. The van der Waals surface area contributed by atoms with E-state index in [0.717, 1.165) is 11.3 Å². The van der Waals surface area contributed by atoms with Gasteiger partial charge in [0.15, 0.2) is 0 Å². The molecule has 2 fully saturated rings. The highest BCUT2D eigenvalue weighted by atomic mass is 16.4. The number of carbonyl (C=O) groups excluding carboxylic acids is 1. The van der Waals surface area contributed by atoms with Gasteiger partial charge in [-0.05, 0) is 30.7 Å². The maximum atomic E-state index is 12.9. The Morgan fingerprint density at radius 2 is 1.90 bits per heavy atom. The van der Waals surface area contributed by atoms with Crippen molar-refractivity contribution in [1.29, 1.82) is 0 Å². The molecule has 1 aromatic carbocycles. The summed E-state index contributed by atoms with van der Waals surface area (Å²) < 4.78 is 0. The lowest BCUT2D eigenvalue weighted by molar-refractivity contribution is -0.120. The Morgan fingerprint density at radius 1 is 1.19 bits per heavy atom. The predicted octanol–water partition coefficient (Wildman–Crippen LogP) is 3.04. The standard InChI is InChI=1S/C17H20N2O2/c20-17(16-11-5-1-2-6-12(11)16)19-10-9-14(18-21)13-7-3-4-8-15(13)19/h3-4,7-8,11-12,16,21H,1-2,5-6,9-10H2/b18-14-. The van der Waals surface area contributed by atoms with Gasteiger partial charge in [0.05, 0.1) is 11.4 Å². The van der Waals surface area contributed by atoms with Crippen LogP contribution in [-0.4, -0.2) is 23.4 Å². The Kier molecular flexibility index (Phi) is 2.98. The van der Waals surface area contributed by atoms with Gasteiger partial charge in [0, 0.05) is 24.4 Å². The van der Waals surface area contributed by atoms with Gasteiger partial charge >= 0.3 is 0 Å². The fourth-order valence-electron chi connectivity index (χ4n) is 4.30. The normalized spacial score (nSPS) is 32.5. The number of fused-ring (bicyclic) bond motifs is 2. The first-order valence-corrected chi connectivity index (χ1v) is 7.93. The molecule has 2 atom stereocenters. The van der Waals surface area contributed by atoms with Crippen LogP contribution in [0.4, 0.5) is 5.69 Å². The van der Waals surface area contributed by atoms with E-state index in [0.29, 0.717) is 30.5 Å². The summed E-state index contributed by atoms with van der Waals surface area (Å²) in [5.74, 6) is 1.79. The Morgan fingerprint density at radius 3 is 2.62 bits per heavy atom. The smallest absolute Gasteiger partial charge is 0.230 e. The summed E-state index contributed by atoms with van der Waals surface area (Å²) in [7, 11) is 0. The molecule has 0 bridgehead atoms. The van der Waals surface area contributed by atoms with Gasteiger partial charge in [-0.15, -0.1) is 0 Å². The Labute approximate surface area is 124 Å².